The molecule has 1 unspecified atom stereocenters. The summed E-state index contributed by atoms with van der Waals surface area (Å²) in [5.74, 6) is 6.95. The first-order chi connectivity index (χ1) is 16.8. The number of hydrogen-bond acceptors (Lipinski definition) is 6. The number of aromatic nitrogens is 1. The first-order valence-electron chi connectivity index (χ1n) is 11.8. The number of hydrogen-bond donors (Lipinski definition) is 2. The summed E-state index contributed by atoms with van der Waals surface area (Å²) in [7, 11) is -1.59. The molecule has 0 aliphatic heterocycles. The van der Waals surface area contributed by atoms with Gasteiger partial charge in [0.15, 0.2) is 0 Å². The number of thiazole rings is 1. The standard InChI is InChI=1S/C27H31N3O3S2/c1-5-7-19-16-20(10-13-25(19)33-18(2)3)27-29-17-26(34-27)23-9-6-8-22-21(23)11-12-24(22)30-35(31,32)15-14-28-4/h6,8-10,13,16-18,24,28,30H,11-12,14-15H2,1-4H3. The van der Waals surface area contributed by atoms with Gasteiger partial charge in [-0.05, 0) is 75.5 Å². The SMILES string of the molecule is CC#Cc1cc(-c2ncc(-c3cccc4c3CCC4NS(=O)(=O)CCNC)s2)ccc1OC(C)C. The lowest BCUT2D eigenvalue weighted by Crippen LogP contribution is -2.33. The van der Waals surface area contributed by atoms with Gasteiger partial charge in [-0.2, -0.15) is 0 Å². The van der Waals surface area contributed by atoms with Gasteiger partial charge in [0, 0.05) is 24.3 Å². The smallest absolute Gasteiger partial charge is 0.213 e. The van der Waals surface area contributed by atoms with Gasteiger partial charge >= 0.3 is 0 Å². The highest BCUT2D eigenvalue weighted by Gasteiger charge is 2.28. The maximum absolute atomic E-state index is 12.4. The van der Waals surface area contributed by atoms with E-state index in [4.69, 9.17) is 9.72 Å². The predicted octanol–water partition coefficient (Wildman–Crippen LogP) is 4.76. The van der Waals surface area contributed by atoms with Crippen molar-refractivity contribution in [2.75, 3.05) is 19.3 Å². The van der Waals surface area contributed by atoms with Crippen LogP contribution in [0.4, 0.5) is 0 Å². The maximum atomic E-state index is 12.4. The Morgan fingerprint density at radius 3 is 2.83 bits per heavy atom. The zero-order valence-electron chi connectivity index (χ0n) is 20.5. The lowest BCUT2D eigenvalue weighted by molar-refractivity contribution is 0.242. The zero-order chi connectivity index (χ0) is 25.0. The van der Waals surface area contributed by atoms with Crippen LogP contribution in [-0.2, 0) is 16.4 Å². The largest absolute Gasteiger partial charge is 0.490 e. The molecule has 0 saturated carbocycles. The minimum Gasteiger partial charge on any atom is -0.490 e. The van der Waals surface area contributed by atoms with Gasteiger partial charge in [0.1, 0.15) is 10.8 Å². The van der Waals surface area contributed by atoms with Crippen LogP contribution in [0.15, 0.2) is 42.6 Å². The molecule has 3 aromatic rings. The van der Waals surface area contributed by atoms with Crippen LogP contribution >= 0.6 is 11.3 Å². The fourth-order valence-corrected chi connectivity index (χ4v) is 6.54. The third-order valence-electron chi connectivity index (χ3n) is 5.83. The van der Waals surface area contributed by atoms with Crippen molar-refractivity contribution in [2.45, 2.75) is 45.8 Å². The second kappa shape index (κ2) is 10.9. The molecular formula is C27H31N3O3S2. The van der Waals surface area contributed by atoms with Crippen molar-refractivity contribution in [3.8, 4) is 38.6 Å². The normalized spacial score (nSPS) is 15.1. The number of sulfonamides is 1. The Kier molecular flexibility index (Phi) is 7.92. The van der Waals surface area contributed by atoms with E-state index in [0.717, 1.165) is 50.7 Å². The molecule has 1 atom stereocenters. The first-order valence-corrected chi connectivity index (χ1v) is 14.2. The molecule has 1 aliphatic carbocycles. The second-order valence-electron chi connectivity index (χ2n) is 8.79. The summed E-state index contributed by atoms with van der Waals surface area (Å²) in [5.41, 5.74) is 5.22. The van der Waals surface area contributed by atoms with Gasteiger partial charge in [-0.3, -0.25) is 0 Å². The van der Waals surface area contributed by atoms with Crippen LogP contribution in [0.5, 0.6) is 5.75 Å². The minimum absolute atomic E-state index is 0.0681. The average Bonchev–Trinajstić information content (AvgIpc) is 3.46. The Hall–Kier alpha value is -2.70. The average molecular weight is 510 g/mol. The number of ether oxygens (including phenoxy) is 1. The molecule has 1 aromatic heterocycles. The number of nitrogens with zero attached hydrogens (tertiary/aromatic N) is 1. The second-order valence-corrected chi connectivity index (χ2v) is 11.7. The Labute approximate surface area is 212 Å². The Balaban J connectivity index is 1.61. The molecule has 4 rings (SSSR count). The summed E-state index contributed by atoms with van der Waals surface area (Å²) in [6.45, 7) is 6.24. The Morgan fingerprint density at radius 1 is 1.26 bits per heavy atom. The highest BCUT2D eigenvalue weighted by atomic mass is 32.2. The highest BCUT2D eigenvalue weighted by Crippen LogP contribution is 2.41. The fraction of sp³-hybridized carbons (Fsp3) is 0.370. The molecule has 2 N–H and O–H groups in total. The molecule has 184 valence electrons. The molecule has 6 nitrogen and oxygen atoms in total. The molecule has 0 radical (unpaired) electrons. The van der Waals surface area contributed by atoms with Gasteiger partial charge in [-0.1, -0.05) is 24.1 Å². The van der Waals surface area contributed by atoms with Gasteiger partial charge in [-0.25, -0.2) is 18.1 Å². The van der Waals surface area contributed by atoms with Crippen molar-refractivity contribution in [1.29, 1.82) is 0 Å². The van der Waals surface area contributed by atoms with Crippen LogP contribution in [-0.4, -0.2) is 38.9 Å². The number of fused-ring (bicyclic) bond motifs is 1. The van der Waals surface area contributed by atoms with E-state index >= 15 is 0 Å². The molecule has 0 amide bonds. The van der Waals surface area contributed by atoms with Crippen molar-refractivity contribution in [1.82, 2.24) is 15.0 Å². The summed E-state index contributed by atoms with van der Waals surface area (Å²) >= 11 is 1.63. The van der Waals surface area contributed by atoms with Gasteiger partial charge in [0.2, 0.25) is 10.0 Å². The molecule has 8 heteroatoms. The predicted molar refractivity (Wildman–Crippen MR) is 143 cm³/mol. The fourth-order valence-electron chi connectivity index (χ4n) is 4.30. The third kappa shape index (κ3) is 5.93. The van der Waals surface area contributed by atoms with Crippen molar-refractivity contribution in [2.24, 2.45) is 0 Å². The third-order valence-corrected chi connectivity index (χ3v) is 8.30. The van der Waals surface area contributed by atoms with Crippen LogP contribution in [0.2, 0.25) is 0 Å². The first kappa shape index (κ1) is 25.4. The lowest BCUT2D eigenvalue weighted by Gasteiger charge is -2.15. The van der Waals surface area contributed by atoms with Crippen molar-refractivity contribution in [3.05, 3.63) is 59.3 Å². The Bertz CT molecular complexity index is 1370. The van der Waals surface area contributed by atoms with E-state index < -0.39 is 10.0 Å². The summed E-state index contributed by atoms with van der Waals surface area (Å²) in [4.78, 5) is 5.77. The summed E-state index contributed by atoms with van der Waals surface area (Å²) in [6.07, 6.45) is 3.56. The van der Waals surface area contributed by atoms with E-state index in [9.17, 15) is 8.42 Å². The summed E-state index contributed by atoms with van der Waals surface area (Å²) < 4.78 is 33.7. The van der Waals surface area contributed by atoms with Crippen molar-refractivity contribution in [3.63, 3.8) is 0 Å². The van der Waals surface area contributed by atoms with E-state index in [1.54, 1.807) is 18.4 Å². The summed E-state index contributed by atoms with van der Waals surface area (Å²) in [6, 6.07) is 11.9. The van der Waals surface area contributed by atoms with Crippen LogP contribution in [0.25, 0.3) is 21.0 Å². The molecule has 0 bridgehead atoms. The minimum atomic E-state index is -3.34. The van der Waals surface area contributed by atoms with Crippen LogP contribution < -0.4 is 14.8 Å². The lowest BCUT2D eigenvalue weighted by atomic mass is 10.0. The Morgan fingerprint density at radius 2 is 2.09 bits per heavy atom. The van der Waals surface area contributed by atoms with E-state index in [0.29, 0.717) is 6.54 Å². The van der Waals surface area contributed by atoms with E-state index in [2.05, 4.69) is 27.9 Å². The monoisotopic (exact) mass is 509 g/mol. The number of nitrogens with one attached hydrogen (secondary N) is 2. The van der Waals surface area contributed by atoms with Crippen LogP contribution in [0, 0.1) is 11.8 Å². The van der Waals surface area contributed by atoms with E-state index in [1.165, 1.54) is 5.56 Å². The molecular weight excluding hydrogens is 478 g/mol. The number of benzene rings is 2. The van der Waals surface area contributed by atoms with Crippen molar-refractivity contribution < 1.29 is 13.2 Å². The van der Waals surface area contributed by atoms with Crippen molar-refractivity contribution >= 4 is 21.4 Å². The van der Waals surface area contributed by atoms with E-state index in [1.807, 2.05) is 57.3 Å². The van der Waals surface area contributed by atoms with Crippen LogP contribution in [0.3, 0.4) is 0 Å². The van der Waals surface area contributed by atoms with Gasteiger partial charge in [-0.15, -0.1) is 17.3 Å². The molecule has 0 spiro atoms. The zero-order valence-corrected chi connectivity index (χ0v) is 22.1. The van der Waals surface area contributed by atoms with Crippen LogP contribution in [0.1, 0.15) is 49.9 Å². The molecule has 35 heavy (non-hydrogen) atoms. The molecule has 0 fully saturated rings. The van der Waals surface area contributed by atoms with Gasteiger partial charge < -0.3 is 10.1 Å². The topological polar surface area (TPSA) is 80.3 Å². The van der Waals surface area contributed by atoms with E-state index in [-0.39, 0.29) is 17.9 Å². The molecule has 0 saturated heterocycles. The summed E-state index contributed by atoms with van der Waals surface area (Å²) in [5, 5.41) is 3.81. The van der Waals surface area contributed by atoms with Gasteiger partial charge in [0.25, 0.3) is 0 Å². The maximum Gasteiger partial charge on any atom is 0.213 e. The highest BCUT2D eigenvalue weighted by molar-refractivity contribution is 7.89. The molecule has 1 heterocycles. The van der Waals surface area contributed by atoms with Gasteiger partial charge in [0.05, 0.1) is 22.3 Å². The molecule has 2 aromatic carbocycles. The quantitative estimate of drug-likeness (QED) is 0.407. The molecule has 1 aliphatic rings. The number of rotatable bonds is 9.